The summed E-state index contributed by atoms with van der Waals surface area (Å²) in [6, 6.07) is 3.19. The van der Waals surface area contributed by atoms with Crippen LogP contribution in [0.1, 0.15) is 17.3 Å². The Labute approximate surface area is 79.5 Å². The van der Waals surface area contributed by atoms with Gasteiger partial charge in [0.2, 0.25) is 0 Å². The third-order valence-corrected chi connectivity index (χ3v) is 1.71. The van der Waals surface area contributed by atoms with Gasteiger partial charge >= 0.3 is 5.97 Å². The first-order chi connectivity index (χ1) is 6.81. The molecule has 2 heterocycles. The molecular weight excluding hydrogens is 184 g/mol. The third kappa shape index (κ3) is 1.41. The maximum atomic E-state index is 11.3. The summed E-state index contributed by atoms with van der Waals surface area (Å²) in [5.41, 5.74) is 0.977. The normalized spacial score (nSPS) is 10.4. The van der Waals surface area contributed by atoms with Crippen LogP contribution in [-0.2, 0) is 4.74 Å². The molecule has 0 aromatic carbocycles. The highest BCUT2D eigenvalue weighted by atomic mass is 16.5. The van der Waals surface area contributed by atoms with Crippen molar-refractivity contribution in [1.29, 1.82) is 0 Å². The number of hydrogen-bond donors (Lipinski definition) is 0. The number of pyridine rings is 1. The topological polar surface area (TPSA) is 69.4 Å². The number of carbonyl (C=O) groups is 1. The highest BCUT2D eigenvalue weighted by Crippen LogP contribution is 2.04. The summed E-state index contributed by atoms with van der Waals surface area (Å²) < 4.78 is 6.31. The summed E-state index contributed by atoms with van der Waals surface area (Å²) in [6.07, 6.45) is 1.61. The number of ether oxygens (including phenoxy) is 1. The number of fused-ring (bicyclic) bond motifs is 1. The Balaban J connectivity index is 2.38. The average molecular weight is 192 g/mol. The molecule has 0 saturated heterocycles. The van der Waals surface area contributed by atoms with E-state index in [1.54, 1.807) is 25.3 Å². The minimum absolute atomic E-state index is 0.356. The van der Waals surface area contributed by atoms with Crippen molar-refractivity contribution in [3.05, 3.63) is 23.9 Å². The zero-order chi connectivity index (χ0) is 9.97. The SMILES string of the molecule is CCOC(=O)c1ccn2nnnc2c1. The minimum Gasteiger partial charge on any atom is -0.462 e. The number of esters is 1. The highest BCUT2D eigenvalue weighted by molar-refractivity contribution is 5.90. The molecule has 14 heavy (non-hydrogen) atoms. The van der Waals surface area contributed by atoms with Gasteiger partial charge in [0.1, 0.15) is 0 Å². The van der Waals surface area contributed by atoms with Gasteiger partial charge in [-0.15, -0.1) is 5.10 Å². The van der Waals surface area contributed by atoms with Crippen molar-refractivity contribution in [2.24, 2.45) is 0 Å². The molecule has 0 aliphatic heterocycles. The third-order valence-electron chi connectivity index (χ3n) is 1.71. The Hall–Kier alpha value is -1.98. The largest absolute Gasteiger partial charge is 0.462 e. The van der Waals surface area contributed by atoms with Crippen molar-refractivity contribution in [1.82, 2.24) is 20.0 Å². The second-order valence-corrected chi connectivity index (χ2v) is 2.62. The van der Waals surface area contributed by atoms with Gasteiger partial charge in [0, 0.05) is 6.20 Å². The molecule has 0 bridgehead atoms. The van der Waals surface area contributed by atoms with Crippen LogP contribution >= 0.6 is 0 Å². The summed E-state index contributed by atoms with van der Waals surface area (Å²) in [5, 5.41) is 10.8. The number of tetrazole rings is 1. The summed E-state index contributed by atoms with van der Waals surface area (Å²) >= 11 is 0. The molecule has 0 unspecified atom stereocenters. The van der Waals surface area contributed by atoms with E-state index in [4.69, 9.17) is 4.74 Å². The fourth-order valence-electron chi connectivity index (χ4n) is 1.08. The Morgan fingerprint density at radius 2 is 2.50 bits per heavy atom. The van der Waals surface area contributed by atoms with E-state index in [9.17, 15) is 4.79 Å². The maximum Gasteiger partial charge on any atom is 0.338 e. The maximum absolute atomic E-state index is 11.3. The quantitative estimate of drug-likeness (QED) is 0.640. The van der Waals surface area contributed by atoms with Crippen LogP contribution in [0.15, 0.2) is 18.3 Å². The minimum atomic E-state index is -0.363. The van der Waals surface area contributed by atoms with Gasteiger partial charge in [0.25, 0.3) is 0 Å². The van der Waals surface area contributed by atoms with Gasteiger partial charge < -0.3 is 4.74 Å². The van der Waals surface area contributed by atoms with E-state index in [1.807, 2.05) is 0 Å². The Kier molecular flexibility index (Phi) is 2.10. The molecule has 2 aromatic rings. The zero-order valence-corrected chi connectivity index (χ0v) is 7.54. The van der Waals surface area contributed by atoms with Crippen molar-refractivity contribution in [3.63, 3.8) is 0 Å². The van der Waals surface area contributed by atoms with Crippen LogP contribution in [0.2, 0.25) is 0 Å². The summed E-state index contributed by atoms with van der Waals surface area (Å²) in [6.45, 7) is 2.12. The number of rotatable bonds is 2. The first-order valence-corrected chi connectivity index (χ1v) is 4.16. The predicted octanol–water partition coefficient (Wildman–Crippen LogP) is 0.301. The van der Waals surface area contributed by atoms with Gasteiger partial charge in [-0.2, -0.15) is 0 Å². The van der Waals surface area contributed by atoms with Crippen LogP contribution in [0.3, 0.4) is 0 Å². The number of carbonyl (C=O) groups excluding carboxylic acids is 1. The molecule has 0 saturated carbocycles. The first-order valence-electron chi connectivity index (χ1n) is 4.16. The molecule has 0 amide bonds. The summed E-state index contributed by atoms with van der Waals surface area (Å²) in [7, 11) is 0. The number of hydrogen-bond acceptors (Lipinski definition) is 5. The second-order valence-electron chi connectivity index (χ2n) is 2.62. The lowest BCUT2D eigenvalue weighted by atomic mass is 10.3. The monoisotopic (exact) mass is 192 g/mol. The van der Waals surface area contributed by atoms with Crippen LogP contribution < -0.4 is 0 Å². The molecule has 6 nitrogen and oxygen atoms in total. The molecule has 0 atom stereocenters. The van der Waals surface area contributed by atoms with Gasteiger partial charge in [-0.1, -0.05) is 0 Å². The molecule has 72 valence electrons. The predicted molar refractivity (Wildman–Crippen MR) is 46.7 cm³/mol. The van der Waals surface area contributed by atoms with E-state index in [0.717, 1.165) is 0 Å². The lowest BCUT2D eigenvalue weighted by Gasteiger charge is -2.00. The van der Waals surface area contributed by atoms with Crippen molar-refractivity contribution in [3.8, 4) is 0 Å². The molecule has 0 spiro atoms. The Morgan fingerprint density at radius 1 is 1.64 bits per heavy atom. The van der Waals surface area contributed by atoms with E-state index in [0.29, 0.717) is 17.8 Å². The van der Waals surface area contributed by atoms with Crippen LogP contribution in [0.5, 0.6) is 0 Å². The van der Waals surface area contributed by atoms with Gasteiger partial charge in [-0.05, 0) is 29.5 Å². The molecular formula is C8H8N4O2. The summed E-state index contributed by atoms with van der Waals surface area (Å²) in [5.74, 6) is -0.363. The molecule has 2 rings (SSSR count). The Bertz CT molecular complexity index is 465. The van der Waals surface area contributed by atoms with E-state index in [1.165, 1.54) is 4.52 Å². The fraction of sp³-hybridized carbons (Fsp3) is 0.250. The van der Waals surface area contributed by atoms with Crippen molar-refractivity contribution in [2.75, 3.05) is 6.61 Å². The molecule has 0 N–H and O–H groups in total. The van der Waals surface area contributed by atoms with Gasteiger partial charge in [0.05, 0.1) is 12.2 Å². The molecule has 0 radical (unpaired) electrons. The van der Waals surface area contributed by atoms with Crippen LogP contribution in [0.4, 0.5) is 0 Å². The van der Waals surface area contributed by atoms with Gasteiger partial charge in [0.15, 0.2) is 5.65 Å². The lowest BCUT2D eigenvalue weighted by Crippen LogP contribution is -2.05. The van der Waals surface area contributed by atoms with Crippen molar-refractivity contribution in [2.45, 2.75) is 6.92 Å². The number of aromatic nitrogens is 4. The van der Waals surface area contributed by atoms with Gasteiger partial charge in [-0.25, -0.2) is 9.31 Å². The second kappa shape index (κ2) is 3.41. The Morgan fingerprint density at radius 3 is 3.29 bits per heavy atom. The van der Waals surface area contributed by atoms with Crippen molar-refractivity contribution < 1.29 is 9.53 Å². The van der Waals surface area contributed by atoms with E-state index in [2.05, 4.69) is 15.5 Å². The van der Waals surface area contributed by atoms with Crippen LogP contribution in [-0.4, -0.2) is 32.6 Å². The first kappa shape index (κ1) is 8.61. The molecule has 0 aliphatic carbocycles. The molecule has 0 fully saturated rings. The van der Waals surface area contributed by atoms with Crippen LogP contribution in [0, 0.1) is 0 Å². The molecule has 0 aliphatic rings. The van der Waals surface area contributed by atoms with E-state index >= 15 is 0 Å². The molecule has 6 heteroatoms. The average Bonchev–Trinajstić information content (AvgIpc) is 2.64. The van der Waals surface area contributed by atoms with E-state index < -0.39 is 0 Å². The zero-order valence-electron chi connectivity index (χ0n) is 7.54. The fourth-order valence-corrected chi connectivity index (χ4v) is 1.08. The van der Waals surface area contributed by atoms with Gasteiger partial charge in [-0.3, -0.25) is 0 Å². The van der Waals surface area contributed by atoms with E-state index in [-0.39, 0.29) is 5.97 Å². The summed E-state index contributed by atoms with van der Waals surface area (Å²) in [4.78, 5) is 11.3. The number of nitrogens with zero attached hydrogens (tertiary/aromatic N) is 4. The highest BCUT2D eigenvalue weighted by Gasteiger charge is 2.07. The molecule has 2 aromatic heterocycles. The smallest absolute Gasteiger partial charge is 0.338 e. The van der Waals surface area contributed by atoms with Crippen molar-refractivity contribution >= 4 is 11.6 Å². The lowest BCUT2D eigenvalue weighted by molar-refractivity contribution is 0.0526. The van der Waals surface area contributed by atoms with Crippen LogP contribution in [0.25, 0.3) is 5.65 Å². The standard InChI is InChI=1S/C8H8N4O2/c1-2-14-8(13)6-3-4-12-7(5-6)9-10-11-12/h3-5H,2H2,1H3.